The van der Waals surface area contributed by atoms with Crippen LogP contribution in [0.4, 0.5) is 10.1 Å². The van der Waals surface area contributed by atoms with Gasteiger partial charge in [0.2, 0.25) is 0 Å². The Morgan fingerprint density at radius 3 is 2.74 bits per heavy atom. The van der Waals surface area contributed by atoms with Gasteiger partial charge in [0.15, 0.2) is 0 Å². The van der Waals surface area contributed by atoms with Crippen LogP contribution in [0, 0.1) is 5.82 Å². The zero-order valence-corrected chi connectivity index (χ0v) is 9.97. The maximum absolute atomic E-state index is 13.3. The molecule has 0 saturated heterocycles. The SMILES string of the molecule is Nc1ccc(O)cc1C(=O)OCc1ccccc1F. The third kappa shape index (κ3) is 3.01. The molecule has 19 heavy (non-hydrogen) atoms. The van der Waals surface area contributed by atoms with E-state index in [1.54, 1.807) is 12.1 Å². The molecule has 2 aromatic carbocycles. The summed E-state index contributed by atoms with van der Waals surface area (Å²) in [6, 6.07) is 9.97. The van der Waals surface area contributed by atoms with Crippen LogP contribution in [-0.4, -0.2) is 11.1 Å². The number of aromatic hydroxyl groups is 1. The van der Waals surface area contributed by atoms with E-state index in [4.69, 9.17) is 10.5 Å². The second-order valence-electron chi connectivity index (χ2n) is 3.94. The molecule has 0 aliphatic heterocycles. The van der Waals surface area contributed by atoms with Crippen molar-refractivity contribution in [1.82, 2.24) is 0 Å². The average molecular weight is 261 g/mol. The molecule has 0 aliphatic rings. The number of carbonyl (C=O) groups is 1. The van der Waals surface area contributed by atoms with Gasteiger partial charge >= 0.3 is 5.97 Å². The summed E-state index contributed by atoms with van der Waals surface area (Å²) >= 11 is 0. The Kier molecular flexibility index (Phi) is 3.66. The van der Waals surface area contributed by atoms with Gasteiger partial charge in [-0.1, -0.05) is 18.2 Å². The molecule has 0 saturated carbocycles. The molecule has 0 amide bonds. The van der Waals surface area contributed by atoms with Crippen molar-refractivity contribution in [2.45, 2.75) is 6.61 Å². The number of hydrogen-bond donors (Lipinski definition) is 2. The van der Waals surface area contributed by atoms with Gasteiger partial charge in [0.25, 0.3) is 0 Å². The smallest absolute Gasteiger partial charge is 0.340 e. The molecule has 0 heterocycles. The van der Waals surface area contributed by atoms with Gasteiger partial charge in [0.05, 0.1) is 5.56 Å². The average Bonchev–Trinajstić information content (AvgIpc) is 2.40. The first-order valence-corrected chi connectivity index (χ1v) is 5.57. The van der Waals surface area contributed by atoms with Crippen LogP contribution in [0.5, 0.6) is 5.75 Å². The zero-order valence-electron chi connectivity index (χ0n) is 9.97. The monoisotopic (exact) mass is 261 g/mol. The molecule has 98 valence electrons. The predicted molar refractivity (Wildman–Crippen MR) is 68.0 cm³/mol. The van der Waals surface area contributed by atoms with E-state index in [0.717, 1.165) is 0 Å². The minimum Gasteiger partial charge on any atom is -0.508 e. The molecule has 0 bridgehead atoms. The summed E-state index contributed by atoms with van der Waals surface area (Å²) in [5, 5.41) is 9.29. The van der Waals surface area contributed by atoms with Gasteiger partial charge in [0, 0.05) is 11.3 Å². The summed E-state index contributed by atoms with van der Waals surface area (Å²) in [6.07, 6.45) is 0. The van der Waals surface area contributed by atoms with Gasteiger partial charge < -0.3 is 15.6 Å². The lowest BCUT2D eigenvalue weighted by atomic mass is 10.1. The number of benzene rings is 2. The summed E-state index contributed by atoms with van der Waals surface area (Å²) in [4.78, 5) is 11.8. The van der Waals surface area contributed by atoms with E-state index in [1.165, 1.54) is 30.3 Å². The van der Waals surface area contributed by atoms with Gasteiger partial charge in [0.1, 0.15) is 18.2 Å². The Balaban J connectivity index is 2.10. The standard InChI is InChI=1S/C14H12FNO3/c15-12-4-2-1-3-9(12)8-19-14(18)11-7-10(17)5-6-13(11)16/h1-7,17H,8,16H2. The van der Waals surface area contributed by atoms with E-state index >= 15 is 0 Å². The summed E-state index contributed by atoms with van der Waals surface area (Å²) < 4.78 is 18.3. The highest BCUT2D eigenvalue weighted by Crippen LogP contribution is 2.20. The third-order valence-electron chi connectivity index (χ3n) is 2.57. The quantitative estimate of drug-likeness (QED) is 0.505. The second-order valence-corrected chi connectivity index (χ2v) is 3.94. The lowest BCUT2D eigenvalue weighted by Crippen LogP contribution is -2.08. The van der Waals surface area contributed by atoms with Crippen LogP contribution in [0.25, 0.3) is 0 Å². The molecule has 0 unspecified atom stereocenters. The Morgan fingerprint density at radius 1 is 1.26 bits per heavy atom. The second kappa shape index (κ2) is 5.39. The molecule has 4 nitrogen and oxygen atoms in total. The molecule has 5 heteroatoms. The number of esters is 1. The van der Waals surface area contributed by atoms with Crippen molar-refractivity contribution in [1.29, 1.82) is 0 Å². The van der Waals surface area contributed by atoms with Crippen molar-refractivity contribution in [2.24, 2.45) is 0 Å². The highest BCUT2D eigenvalue weighted by atomic mass is 19.1. The third-order valence-corrected chi connectivity index (χ3v) is 2.57. The number of phenolic OH excluding ortho intramolecular Hbond substituents is 1. The lowest BCUT2D eigenvalue weighted by Gasteiger charge is -2.08. The first-order chi connectivity index (χ1) is 9.08. The van der Waals surface area contributed by atoms with E-state index in [2.05, 4.69) is 0 Å². The van der Waals surface area contributed by atoms with Crippen LogP contribution in [-0.2, 0) is 11.3 Å². The van der Waals surface area contributed by atoms with Crippen molar-refractivity contribution in [2.75, 3.05) is 5.73 Å². The van der Waals surface area contributed by atoms with Gasteiger partial charge in [-0.05, 0) is 24.3 Å². The van der Waals surface area contributed by atoms with E-state index < -0.39 is 11.8 Å². The number of halogens is 1. The van der Waals surface area contributed by atoms with Crippen LogP contribution in [0.15, 0.2) is 42.5 Å². The number of phenols is 1. The van der Waals surface area contributed by atoms with Crippen molar-refractivity contribution in [3.8, 4) is 5.75 Å². The van der Waals surface area contributed by atoms with Crippen molar-refractivity contribution in [3.05, 3.63) is 59.4 Å². The Bertz CT molecular complexity index is 613. The fraction of sp³-hybridized carbons (Fsp3) is 0.0714. The first kappa shape index (κ1) is 12.9. The van der Waals surface area contributed by atoms with E-state index in [0.29, 0.717) is 0 Å². The van der Waals surface area contributed by atoms with Crippen LogP contribution < -0.4 is 5.73 Å². The molecule has 0 atom stereocenters. The molecule has 0 aliphatic carbocycles. The molecule has 2 aromatic rings. The van der Waals surface area contributed by atoms with E-state index in [-0.39, 0.29) is 29.2 Å². The Hall–Kier alpha value is -2.56. The number of nitrogen functional groups attached to an aromatic ring is 1. The molecule has 0 aromatic heterocycles. The maximum Gasteiger partial charge on any atom is 0.340 e. The topological polar surface area (TPSA) is 72.5 Å². The van der Waals surface area contributed by atoms with Crippen LogP contribution in [0.3, 0.4) is 0 Å². The number of hydrogen-bond acceptors (Lipinski definition) is 4. The number of carbonyl (C=O) groups excluding carboxylic acids is 1. The van der Waals surface area contributed by atoms with Crippen LogP contribution >= 0.6 is 0 Å². The highest BCUT2D eigenvalue weighted by Gasteiger charge is 2.13. The summed E-state index contributed by atoms with van der Waals surface area (Å²) in [5.41, 5.74) is 6.12. The number of nitrogens with two attached hydrogens (primary N) is 1. The molecule has 0 fully saturated rings. The molecular weight excluding hydrogens is 249 g/mol. The predicted octanol–water partition coefficient (Wildman–Crippen LogP) is 2.47. The van der Waals surface area contributed by atoms with Crippen molar-refractivity contribution < 1.29 is 19.0 Å². The van der Waals surface area contributed by atoms with E-state index in [1.807, 2.05) is 0 Å². The fourth-order valence-corrected chi connectivity index (χ4v) is 1.56. The summed E-state index contributed by atoms with van der Waals surface area (Å²) in [5.74, 6) is -1.25. The van der Waals surface area contributed by atoms with E-state index in [9.17, 15) is 14.3 Å². The van der Waals surface area contributed by atoms with Crippen molar-refractivity contribution >= 4 is 11.7 Å². The molecule has 2 rings (SSSR count). The molecule has 3 N–H and O–H groups in total. The van der Waals surface area contributed by atoms with Crippen LogP contribution in [0.2, 0.25) is 0 Å². The minimum absolute atomic E-state index is 0.0522. The largest absolute Gasteiger partial charge is 0.508 e. The van der Waals surface area contributed by atoms with Crippen LogP contribution in [0.1, 0.15) is 15.9 Å². The molecule has 0 spiro atoms. The van der Waals surface area contributed by atoms with Gasteiger partial charge in [-0.25, -0.2) is 9.18 Å². The van der Waals surface area contributed by atoms with Crippen molar-refractivity contribution in [3.63, 3.8) is 0 Å². The Morgan fingerprint density at radius 2 is 2.00 bits per heavy atom. The number of anilines is 1. The Labute approximate surface area is 109 Å². The summed E-state index contributed by atoms with van der Waals surface area (Å²) in [7, 11) is 0. The number of ether oxygens (including phenoxy) is 1. The zero-order chi connectivity index (χ0) is 13.8. The van der Waals surface area contributed by atoms with Gasteiger partial charge in [-0.15, -0.1) is 0 Å². The first-order valence-electron chi connectivity index (χ1n) is 5.57. The molecule has 0 radical (unpaired) electrons. The lowest BCUT2D eigenvalue weighted by molar-refractivity contribution is 0.0470. The number of rotatable bonds is 3. The van der Waals surface area contributed by atoms with Gasteiger partial charge in [-0.3, -0.25) is 0 Å². The normalized spacial score (nSPS) is 10.2. The highest BCUT2D eigenvalue weighted by molar-refractivity contribution is 5.95. The maximum atomic E-state index is 13.3. The fourth-order valence-electron chi connectivity index (χ4n) is 1.56. The molecular formula is C14H12FNO3. The summed E-state index contributed by atoms with van der Waals surface area (Å²) in [6.45, 7) is -0.194. The van der Waals surface area contributed by atoms with Gasteiger partial charge in [-0.2, -0.15) is 0 Å². The minimum atomic E-state index is -0.711.